The molecule has 2 heterocycles. The summed E-state index contributed by atoms with van der Waals surface area (Å²) in [7, 11) is 1.63. The molecule has 5 nitrogen and oxygen atoms in total. The molecule has 1 fully saturated rings. The van der Waals surface area contributed by atoms with Crippen LogP contribution in [0.15, 0.2) is 10.6 Å². The van der Waals surface area contributed by atoms with Crippen molar-refractivity contribution in [2.75, 3.05) is 20.2 Å². The molecule has 16 heavy (non-hydrogen) atoms. The van der Waals surface area contributed by atoms with Gasteiger partial charge in [0.2, 0.25) is 0 Å². The summed E-state index contributed by atoms with van der Waals surface area (Å²) < 4.78 is 15.8. The molecule has 5 heteroatoms. The van der Waals surface area contributed by atoms with Crippen molar-refractivity contribution in [2.24, 2.45) is 0 Å². The summed E-state index contributed by atoms with van der Waals surface area (Å²) in [6.45, 7) is 3.06. The Labute approximate surface area is 95.1 Å². The second-order valence-corrected chi connectivity index (χ2v) is 3.98. The summed E-state index contributed by atoms with van der Waals surface area (Å²) in [6, 6.07) is 1.88. The van der Waals surface area contributed by atoms with Gasteiger partial charge >= 0.3 is 0 Å². The predicted octanol–water partition coefficient (Wildman–Crippen LogP) is 1.09. The van der Waals surface area contributed by atoms with E-state index >= 15 is 0 Å². The SMILES string of the molecule is COCc1cc(COC2CCNCC2)no1. The Morgan fingerprint density at radius 2 is 2.25 bits per heavy atom. The van der Waals surface area contributed by atoms with Gasteiger partial charge < -0.3 is 19.3 Å². The maximum absolute atomic E-state index is 5.76. The summed E-state index contributed by atoms with van der Waals surface area (Å²) >= 11 is 0. The second-order valence-electron chi connectivity index (χ2n) is 3.98. The number of piperidine rings is 1. The van der Waals surface area contributed by atoms with Crippen LogP contribution in [0.4, 0.5) is 0 Å². The van der Waals surface area contributed by atoms with Crippen molar-refractivity contribution in [3.8, 4) is 0 Å². The molecule has 0 atom stereocenters. The third kappa shape index (κ3) is 3.30. The van der Waals surface area contributed by atoms with Crippen molar-refractivity contribution in [3.63, 3.8) is 0 Å². The predicted molar refractivity (Wildman–Crippen MR) is 57.9 cm³/mol. The van der Waals surface area contributed by atoms with Crippen LogP contribution in [0.2, 0.25) is 0 Å². The highest BCUT2D eigenvalue weighted by Gasteiger charge is 2.14. The molecule has 2 rings (SSSR count). The number of methoxy groups -OCH3 is 1. The minimum Gasteiger partial charge on any atom is -0.377 e. The van der Waals surface area contributed by atoms with Gasteiger partial charge in [0.15, 0.2) is 5.76 Å². The molecular weight excluding hydrogens is 208 g/mol. The average molecular weight is 226 g/mol. The van der Waals surface area contributed by atoms with Gasteiger partial charge in [0.1, 0.15) is 12.3 Å². The van der Waals surface area contributed by atoms with E-state index in [1.165, 1.54) is 0 Å². The van der Waals surface area contributed by atoms with Gasteiger partial charge in [-0.3, -0.25) is 0 Å². The van der Waals surface area contributed by atoms with E-state index in [0.717, 1.165) is 37.4 Å². The van der Waals surface area contributed by atoms with Crippen LogP contribution in [-0.2, 0) is 22.7 Å². The molecule has 0 unspecified atom stereocenters. The quantitative estimate of drug-likeness (QED) is 0.814. The van der Waals surface area contributed by atoms with Crippen LogP contribution >= 0.6 is 0 Å². The van der Waals surface area contributed by atoms with Crippen molar-refractivity contribution in [3.05, 3.63) is 17.5 Å². The fourth-order valence-electron chi connectivity index (χ4n) is 1.80. The molecule has 0 saturated carbocycles. The summed E-state index contributed by atoms with van der Waals surface area (Å²) in [5.41, 5.74) is 0.839. The number of nitrogens with one attached hydrogen (secondary N) is 1. The maximum atomic E-state index is 5.76. The average Bonchev–Trinajstić information content (AvgIpc) is 2.76. The first-order valence-electron chi connectivity index (χ1n) is 5.64. The molecule has 1 aliphatic heterocycles. The Kier molecular flexibility index (Phi) is 4.33. The molecule has 0 radical (unpaired) electrons. The minimum absolute atomic E-state index is 0.351. The molecular formula is C11H18N2O3. The fraction of sp³-hybridized carbons (Fsp3) is 0.727. The molecule has 0 amide bonds. The first kappa shape index (κ1) is 11.6. The minimum atomic E-state index is 0.351. The summed E-state index contributed by atoms with van der Waals surface area (Å²) in [6.07, 6.45) is 2.50. The zero-order valence-corrected chi connectivity index (χ0v) is 9.57. The maximum Gasteiger partial charge on any atom is 0.162 e. The summed E-state index contributed by atoms with van der Waals surface area (Å²) in [5.74, 6) is 0.742. The van der Waals surface area contributed by atoms with Gasteiger partial charge in [-0.05, 0) is 25.9 Å². The van der Waals surface area contributed by atoms with E-state index in [4.69, 9.17) is 14.0 Å². The Morgan fingerprint density at radius 1 is 1.44 bits per heavy atom. The van der Waals surface area contributed by atoms with Gasteiger partial charge in [0, 0.05) is 13.2 Å². The largest absolute Gasteiger partial charge is 0.377 e. The second kappa shape index (κ2) is 5.98. The van der Waals surface area contributed by atoms with Crippen LogP contribution in [0.1, 0.15) is 24.3 Å². The molecule has 1 N–H and O–H groups in total. The van der Waals surface area contributed by atoms with Crippen molar-refractivity contribution < 1.29 is 14.0 Å². The van der Waals surface area contributed by atoms with Gasteiger partial charge in [0.25, 0.3) is 0 Å². The van der Waals surface area contributed by atoms with Crippen LogP contribution in [0.5, 0.6) is 0 Å². The van der Waals surface area contributed by atoms with E-state index in [1.54, 1.807) is 7.11 Å². The van der Waals surface area contributed by atoms with E-state index < -0.39 is 0 Å². The monoisotopic (exact) mass is 226 g/mol. The highest BCUT2D eigenvalue weighted by Crippen LogP contribution is 2.11. The van der Waals surface area contributed by atoms with Crippen LogP contribution in [0, 0.1) is 0 Å². The molecule has 0 bridgehead atoms. The topological polar surface area (TPSA) is 56.5 Å². The van der Waals surface area contributed by atoms with Gasteiger partial charge in [-0.15, -0.1) is 0 Å². The lowest BCUT2D eigenvalue weighted by Crippen LogP contribution is -2.32. The lowest BCUT2D eigenvalue weighted by molar-refractivity contribution is 0.0184. The van der Waals surface area contributed by atoms with Crippen LogP contribution in [0.25, 0.3) is 0 Å². The van der Waals surface area contributed by atoms with Crippen LogP contribution < -0.4 is 5.32 Å². The van der Waals surface area contributed by atoms with Crippen molar-refractivity contribution in [2.45, 2.75) is 32.2 Å². The molecule has 1 aromatic rings. The molecule has 0 aliphatic carbocycles. The standard InChI is InChI=1S/C11H18N2O3/c1-14-8-11-6-9(13-16-11)7-15-10-2-4-12-5-3-10/h6,10,12H,2-5,7-8H2,1H3. The van der Waals surface area contributed by atoms with E-state index in [0.29, 0.717) is 19.3 Å². The molecule has 0 spiro atoms. The highest BCUT2D eigenvalue weighted by molar-refractivity contribution is 5.03. The van der Waals surface area contributed by atoms with Gasteiger partial charge in [-0.2, -0.15) is 0 Å². The molecule has 0 aromatic carbocycles. The normalized spacial score (nSPS) is 17.8. The number of nitrogens with zero attached hydrogens (tertiary/aromatic N) is 1. The van der Waals surface area contributed by atoms with Crippen LogP contribution in [0.3, 0.4) is 0 Å². The van der Waals surface area contributed by atoms with Gasteiger partial charge in [-0.25, -0.2) is 0 Å². The number of rotatable bonds is 5. The van der Waals surface area contributed by atoms with Crippen LogP contribution in [-0.4, -0.2) is 31.5 Å². The zero-order valence-electron chi connectivity index (χ0n) is 9.57. The Bertz CT molecular complexity index is 308. The number of ether oxygens (including phenoxy) is 2. The summed E-state index contributed by atoms with van der Waals surface area (Å²) in [4.78, 5) is 0. The number of hydrogen-bond acceptors (Lipinski definition) is 5. The van der Waals surface area contributed by atoms with E-state index in [2.05, 4.69) is 10.5 Å². The summed E-state index contributed by atoms with van der Waals surface area (Å²) in [5, 5.41) is 7.23. The highest BCUT2D eigenvalue weighted by atomic mass is 16.5. The van der Waals surface area contributed by atoms with Crippen molar-refractivity contribution >= 4 is 0 Å². The molecule has 1 aliphatic rings. The smallest absolute Gasteiger partial charge is 0.162 e. The van der Waals surface area contributed by atoms with Crippen molar-refractivity contribution in [1.82, 2.24) is 10.5 Å². The first-order valence-corrected chi connectivity index (χ1v) is 5.64. The third-order valence-corrected chi connectivity index (χ3v) is 2.65. The lowest BCUT2D eigenvalue weighted by Gasteiger charge is -2.22. The first-order chi connectivity index (χ1) is 7.88. The molecule has 90 valence electrons. The van der Waals surface area contributed by atoms with E-state index in [9.17, 15) is 0 Å². The van der Waals surface area contributed by atoms with Gasteiger partial charge in [0.05, 0.1) is 12.7 Å². The lowest BCUT2D eigenvalue weighted by atomic mass is 10.1. The Morgan fingerprint density at radius 3 is 3.00 bits per heavy atom. The zero-order chi connectivity index (χ0) is 11.2. The van der Waals surface area contributed by atoms with E-state index in [-0.39, 0.29) is 0 Å². The van der Waals surface area contributed by atoms with Crippen molar-refractivity contribution in [1.29, 1.82) is 0 Å². The Hall–Kier alpha value is -0.910. The van der Waals surface area contributed by atoms with Gasteiger partial charge in [-0.1, -0.05) is 5.16 Å². The number of hydrogen-bond donors (Lipinski definition) is 1. The number of aromatic nitrogens is 1. The Balaban J connectivity index is 1.75. The fourth-order valence-corrected chi connectivity index (χ4v) is 1.80. The molecule has 1 aromatic heterocycles. The molecule has 1 saturated heterocycles. The third-order valence-electron chi connectivity index (χ3n) is 2.65. The van der Waals surface area contributed by atoms with E-state index in [1.807, 2.05) is 6.07 Å².